The maximum Gasteiger partial charge on any atom is 0.248 e. The minimum Gasteiger partial charge on any atom is -0.391 e. The molecule has 5 atom stereocenters. The highest BCUT2D eigenvalue weighted by Gasteiger charge is 2.43. The number of likely N-dealkylation sites (tertiary alicyclic amines) is 1. The lowest BCUT2D eigenvalue weighted by Gasteiger charge is -2.30. The lowest BCUT2D eigenvalue weighted by molar-refractivity contribution is -0.142. The second-order valence-electron chi connectivity index (χ2n) is 12.8. The molecule has 0 spiro atoms. The summed E-state index contributed by atoms with van der Waals surface area (Å²) in [5.74, 6) is 0.240. The quantitative estimate of drug-likeness (QED) is 0.237. The number of pyridine rings is 1. The molecule has 1 aromatic carbocycles. The van der Waals surface area contributed by atoms with Crippen molar-refractivity contribution >= 4 is 41.4 Å². The van der Waals surface area contributed by atoms with Crippen LogP contribution in [0, 0.1) is 12.8 Å². The number of thiazole rings is 1. The molecule has 13 heteroatoms. The molecule has 6 rings (SSSR count). The summed E-state index contributed by atoms with van der Waals surface area (Å²) in [4.78, 5) is 41.4. The third-order valence-electron chi connectivity index (χ3n) is 9.04. The Morgan fingerprint density at radius 3 is 2.49 bits per heavy atom. The summed E-state index contributed by atoms with van der Waals surface area (Å²) in [5.41, 5.74) is 12.8. The number of aryl methyl sites for hydroxylation is 1. The summed E-state index contributed by atoms with van der Waals surface area (Å²) in [5, 5.41) is 18.3. The van der Waals surface area contributed by atoms with Gasteiger partial charge in [-0.15, -0.1) is 23.7 Å². The molecule has 2 aliphatic rings. The number of hydrogen-bond acceptors (Lipinski definition) is 9. The van der Waals surface area contributed by atoms with Crippen LogP contribution in [-0.4, -0.2) is 79.4 Å². The molecule has 0 unspecified atom stereocenters. The minimum absolute atomic E-state index is 0. The summed E-state index contributed by atoms with van der Waals surface area (Å²) in [7, 11) is 0. The fourth-order valence-electron chi connectivity index (χ4n) is 6.48. The van der Waals surface area contributed by atoms with E-state index in [1.54, 1.807) is 28.4 Å². The van der Waals surface area contributed by atoms with Gasteiger partial charge in [0.05, 0.1) is 34.4 Å². The smallest absolute Gasteiger partial charge is 0.248 e. The first kappa shape index (κ1) is 34.5. The summed E-state index contributed by atoms with van der Waals surface area (Å²) < 4.78 is 1.68. The van der Waals surface area contributed by atoms with Crippen LogP contribution in [0.4, 0.5) is 5.82 Å². The van der Waals surface area contributed by atoms with Crippen molar-refractivity contribution in [2.75, 3.05) is 24.5 Å². The number of carbonyl (C=O) groups excluding carboxylic acids is 2. The Bertz CT molecular complexity index is 1690. The molecule has 250 valence electrons. The molecule has 2 saturated heterocycles. The van der Waals surface area contributed by atoms with Crippen molar-refractivity contribution in [1.29, 1.82) is 0 Å². The maximum absolute atomic E-state index is 14.1. The lowest BCUT2D eigenvalue weighted by Crippen LogP contribution is -2.49. The normalized spacial score (nSPS) is 20.7. The SMILES string of the molecule is Cc1ncsc1-c1ccc([C@H](C)NC(=O)[C@@H]2C[C@@H](O)CN2C(=O)[C@H](C(C)C)n2cc(-c3ccnc(N4CC[C@H](N)C4)c3)cn2)cc1.Cl. The highest BCUT2D eigenvalue weighted by molar-refractivity contribution is 7.13. The average Bonchev–Trinajstić information content (AvgIpc) is 3.85. The minimum atomic E-state index is -0.785. The molecule has 2 amide bonds. The van der Waals surface area contributed by atoms with Crippen LogP contribution in [0.5, 0.6) is 0 Å². The van der Waals surface area contributed by atoms with Crippen molar-refractivity contribution in [3.8, 4) is 21.6 Å². The Morgan fingerprint density at radius 2 is 1.83 bits per heavy atom. The number of β-amino-alcohol motifs (C(OH)–C–C–N with tert-alkyl or cyclic N) is 1. The molecule has 0 radical (unpaired) electrons. The number of halogens is 1. The predicted molar refractivity (Wildman–Crippen MR) is 186 cm³/mol. The lowest BCUT2D eigenvalue weighted by atomic mass is 10.0. The number of rotatable bonds is 9. The first-order valence-corrected chi connectivity index (χ1v) is 16.8. The van der Waals surface area contributed by atoms with Gasteiger partial charge in [0.15, 0.2) is 0 Å². The highest BCUT2D eigenvalue weighted by atomic mass is 35.5. The summed E-state index contributed by atoms with van der Waals surface area (Å²) in [6.45, 7) is 9.58. The standard InChI is InChI=1S/C34H42N8O3S.ClH/c1-20(2)31(42-16-26(15-38-42)25-9-11-36-30(13-25)40-12-10-27(35)17-40)34(45)41-18-28(43)14-29(41)33(44)39-21(3)23-5-7-24(8-6-23)32-22(4)37-19-46-32;/h5-9,11,13,15-16,19-21,27-29,31,43H,10,12,14,17-18,35H2,1-4H3,(H,39,44);1H/t21-,27-,28+,29-,31-;/m0./s1. The Labute approximate surface area is 285 Å². The van der Waals surface area contributed by atoms with Crippen LogP contribution < -0.4 is 16.0 Å². The number of nitrogens with two attached hydrogens (primary N) is 1. The van der Waals surface area contributed by atoms with Crippen LogP contribution in [0.1, 0.15) is 57.0 Å². The molecule has 3 aromatic heterocycles. The van der Waals surface area contributed by atoms with E-state index in [1.165, 1.54) is 4.90 Å². The number of nitrogens with zero attached hydrogens (tertiary/aromatic N) is 6. The number of nitrogens with one attached hydrogen (secondary N) is 1. The van der Waals surface area contributed by atoms with Crippen molar-refractivity contribution in [3.05, 3.63) is 71.8 Å². The van der Waals surface area contributed by atoms with E-state index in [9.17, 15) is 14.7 Å². The van der Waals surface area contributed by atoms with Crippen molar-refractivity contribution < 1.29 is 14.7 Å². The van der Waals surface area contributed by atoms with E-state index < -0.39 is 18.2 Å². The van der Waals surface area contributed by atoms with Gasteiger partial charge in [0.25, 0.3) is 0 Å². The van der Waals surface area contributed by atoms with E-state index in [2.05, 4.69) is 25.3 Å². The zero-order chi connectivity index (χ0) is 32.5. The molecular weight excluding hydrogens is 636 g/mol. The van der Waals surface area contributed by atoms with Gasteiger partial charge in [-0.3, -0.25) is 14.3 Å². The number of hydrogen-bond donors (Lipinski definition) is 3. The fourth-order valence-corrected chi connectivity index (χ4v) is 7.29. The topological polar surface area (TPSA) is 142 Å². The largest absolute Gasteiger partial charge is 0.391 e. The molecule has 0 bridgehead atoms. The number of aromatic nitrogens is 4. The number of aliphatic hydroxyl groups excluding tert-OH is 1. The molecule has 5 heterocycles. The molecule has 2 fully saturated rings. The van der Waals surface area contributed by atoms with E-state index >= 15 is 0 Å². The van der Waals surface area contributed by atoms with Gasteiger partial charge in [-0.2, -0.15) is 5.10 Å². The van der Waals surface area contributed by atoms with Gasteiger partial charge in [0, 0.05) is 50.1 Å². The van der Waals surface area contributed by atoms with Gasteiger partial charge in [-0.1, -0.05) is 38.1 Å². The molecule has 0 saturated carbocycles. The van der Waals surface area contributed by atoms with E-state index in [0.29, 0.717) is 0 Å². The Balaban J connectivity index is 0.00000433. The number of benzene rings is 1. The van der Waals surface area contributed by atoms with Gasteiger partial charge in [0.2, 0.25) is 11.8 Å². The van der Waals surface area contributed by atoms with Crippen molar-refractivity contribution in [1.82, 2.24) is 30.0 Å². The van der Waals surface area contributed by atoms with Crippen molar-refractivity contribution in [3.63, 3.8) is 0 Å². The third kappa shape index (κ3) is 7.35. The van der Waals surface area contributed by atoms with E-state index in [4.69, 9.17) is 5.73 Å². The van der Waals surface area contributed by atoms with Crippen molar-refractivity contribution in [2.45, 2.75) is 70.8 Å². The van der Waals surface area contributed by atoms with Crippen LogP contribution in [0.3, 0.4) is 0 Å². The average molecular weight is 679 g/mol. The highest BCUT2D eigenvalue weighted by Crippen LogP contribution is 2.31. The second kappa shape index (κ2) is 14.5. The molecule has 11 nitrogen and oxygen atoms in total. The van der Waals surface area contributed by atoms with Crippen molar-refractivity contribution in [2.24, 2.45) is 11.7 Å². The second-order valence-corrected chi connectivity index (χ2v) is 13.7. The Hall–Kier alpha value is -3.84. The fraction of sp³-hybridized carbons (Fsp3) is 0.441. The van der Waals surface area contributed by atoms with Crippen LogP contribution in [-0.2, 0) is 9.59 Å². The van der Waals surface area contributed by atoms with E-state index in [-0.39, 0.29) is 55.2 Å². The molecular formula is C34H43ClN8O3S. The zero-order valence-corrected chi connectivity index (χ0v) is 28.7. The monoisotopic (exact) mass is 678 g/mol. The molecule has 2 aliphatic heterocycles. The maximum atomic E-state index is 14.1. The summed E-state index contributed by atoms with van der Waals surface area (Å²) >= 11 is 1.60. The number of anilines is 1. The molecule has 47 heavy (non-hydrogen) atoms. The molecule has 4 aromatic rings. The Kier molecular flexibility index (Phi) is 10.6. The van der Waals surface area contributed by atoms with E-state index in [1.807, 2.05) is 75.8 Å². The van der Waals surface area contributed by atoms with Crippen LogP contribution in [0.25, 0.3) is 21.6 Å². The number of amides is 2. The Morgan fingerprint density at radius 1 is 1.06 bits per heavy atom. The van der Waals surface area contributed by atoms with Gasteiger partial charge in [0.1, 0.15) is 17.9 Å². The van der Waals surface area contributed by atoms with Crippen LogP contribution in [0.15, 0.2) is 60.5 Å². The number of aliphatic hydroxyl groups is 1. The third-order valence-corrected chi connectivity index (χ3v) is 10.0. The predicted octanol–water partition coefficient (Wildman–Crippen LogP) is 4.37. The van der Waals surface area contributed by atoms with E-state index in [0.717, 1.165) is 58.2 Å². The molecule has 4 N–H and O–H groups in total. The first-order chi connectivity index (χ1) is 22.1. The van der Waals surface area contributed by atoms with Gasteiger partial charge >= 0.3 is 0 Å². The van der Waals surface area contributed by atoms with Gasteiger partial charge in [-0.25, -0.2) is 9.97 Å². The first-order valence-electron chi connectivity index (χ1n) is 15.9. The summed E-state index contributed by atoms with van der Waals surface area (Å²) in [6, 6.07) is 10.5. The zero-order valence-electron chi connectivity index (χ0n) is 27.1. The molecule has 0 aliphatic carbocycles. The van der Waals surface area contributed by atoms with Crippen LogP contribution >= 0.6 is 23.7 Å². The number of carbonyl (C=O) groups is 2. The van der Waals surface area contributed by atoms with Gasteiger partial charge < -0.3 is 26.0 Å². The summed E-state index contributed by atoms with van der Waals surface area (Å²) in [6.07, 6.45) is 5.74. The van der Waals surface area contributed by atoms with Crippen LogP contribution in [0.2, 0.25) is 0 Å². The van der Waals surface area contributed by atoms with Gasteiger partial charge in [-0.05, 0) is 55.0 Å².